The van der Waals surface area contributed by atoms with Crippen molar-refractivity contribution in [2.24, 2.45) is 5.10 Å². The van der Waals surface area contributed by atoms with E-state index in [-0.39, 0.29) is 6.04 Å². The molecule has 0 aromatic heterocycles. The highest BCUT2D eigenvalue weighted by molar-refractivity contribution is 5.83. The van der Waals surface area contributed by atoms with E-state index in [9.17, 15) is 4.79 Å². The van der Waals surface area contributed by atoms with Gasteiger partial charge in [0.2, 0.25) is 0 Å². The van der Waals surface area contributed by atoms with E-state index in [4.69, 9.17) is 0 Å². The van der Waals surface area contributed by atoms with Gasteiger partial charge in [0.05, 0.1) is 6.21 Å². The van der Waals surface area contributed by atoms with Gasteiger partial charge in [-0.3, -0.25) is 14.7 Å². The third kappa shape index (κ3) is 4.39. The number of allylic oxidation sites excluding steroid dienone is 1. The molecule has 0 saturated carbocycles. The summed E-state index contributed by atoms with van der Waals surface area (Å²) >= 11 is 0. The average Bonchev–Trinajstić information content (AvgIpc) is 2.70. The van der Waals surface area contributed by atoms with Gasteiger partial charge in [-0.15, -0.1) is 0 Å². The number of nitrogens with zero attached hydrogens (tertiary/aromatic N) is 3. The second kappa shape index (κ2) is 8.98. The van der Waals surface area contributed by atoms with Gasteiger partial charge in [-0.1, -0.05) is 48.5 Å². The molecule has 0 N–H and O–H groups in total. The Bertz CT molecular complexity index is 844. The van der Waals surface area contributed by atoms with Crippen LogP contribution < -0.4 is 0 Å². The van der Waals surface area contributed by atoms with Crippen molar-refractivity contribution in [2.45, 2.75) is 52.4 Å². The standard InChI is InChI=1S/C24H29N3O/c1-18(2)26(19(3)4)17-20-10-12-21(13-11-20)24-23-9-6-5-8-22(23)16-25-27(24)14-7-15-28/h5-16,18-19,24H,17H2,1-4H3. The van der Waals surface area contributed by atoms with Gasteiger partial charge in [0.25, 0.3) is 0 Å². The van der Waals surface area contributed by atoms with E-state index in [0.29, 0.717) is 12.1 Å². The van der Waals surface area contributed by atoms with Gasteiger partial charge < -0.3 is 0 Å². The molecular formula is C24H29N3O. The number of rotatable bonds is 7. The van der Waals surface area contributed by atoms with Crippen LogP contribution in [0.4, 0.5) is 0 Å². The summed E-state index contributed by atoms with van der Waals surface area (Å²) in [5.41, 5.74) is 4.75. The Balaban J connectivity index is 1.90. The van der Waals surface area contributed by atoms with Crippen LogP contribution in [-0.2, 0) is 11.3 Å². The smallest absolute Gasteiger partial charge is 0.144 e. The number of carbonyl (C=O) groups excluding carboxylic acids is 1. The Hall–Kier alpha value is -2.72. The molecule has 0 spiro atoms. The Kier molecular flexibility index (Phi) is 6.42. The van der Waals surface area contributed by atoms with Gasteiger partial charge in [-0.25, -0.2) is 0 Å². The van der Waals surface area contributed by atoms with Gasteiger partial charge in [0.1, 0.15) is 12.3 Å². The minimum Gasteiger partial charge on any atom is -0.299 e. The lowest BCUT2D eigenvalue weighted by Gasteiger charge is -2.32. The third-order valence-electron chi connectivity index (χ3n) is 5.19. The van der Waals surface area contributed by atoms with E-state index in [1.807, 2.05) is 23.4 Å². The maximum Gasteiger partial charge on any atom is 0.144 e. The fourth-order valence-electron chi connectivity index (χ4n) is 3.77. The molecule has 1 atom stereocenters. The monoisotopic (exact) mass is 375 g/mol. The number of hydrazone groups is 1. The second-order valence-corrected chi connectivity index (χ2v) is 7.74. The molecule has 1 unspecified atom stereocenters. The van der Waals surface area contributed by atoms with Crippen LogP contribution in [0.3, 0.4) is 0 Å². The van der Waals surface area contributed by atoms with Crippen molar-refractivity contribution in [1.82, 2.24) is 9.91 Å². The largest absolute Gasteiger partial charge is 0.299 e. The fourth-order valence-corrected chi connectivity index (χ4v) is 3.77. The van der Waals surface area contributed by atoms with Gasteiger partial charge >= 0.3 is 0 Å². The zero-order chi connectivity index (χ0) is 20.1. The summed E-state index contributed by atoms with van der Waals surface area (Å²) in [4.78, 5) is 13.3. The lowest BCUT2D eigenvalue weighted by molar-refractivity contribution is -0.104. The van der Waals surface area contributed by atoms with E-state index in [1.165, 1.54) is 17.2 Å². The SMILES string of the molecule is CC(C)N(Cc1ccc(C2c3ccccc3C=NN2C=CC=O)cc1)C(C)C. The summed E-state index contributed by atoms with van der Waals surface area (Å²) in [5, 5.41) is 6.39. The highest BCUT2D eigenvalue weighted by Crippen LogP contribution is 2.34. The van der Waals surface area contributed by atoms with Crippen molar-refractivity contribution in [3.8, 4) is 0 Å². The normalized spacial score (nSPS) is 16.4. The lowest BCUT2D eigenvalue weighted by Crippen LogP contribution is -2.36. The maximum atomic E-state index is 10.8. The second-order valence-electron chi connectivity index (χ2n) is 7.74. The summed E-state index contributed by atoms with van der Waals surface area (Å²) in [6, 6.07) is 18.0. The molecule has 1 aliphatic rings. The van der Waals surface area contributed by atoms with E-state index < -0.39 is 0 Å². The van der Waals surface area contributed by atoms with Crippen molar-refractivity contribution in [3.63, 3.8) is 0 Å². The molecule has 0 fully saturated rings. The van der Waals surface area contributed by atoms with Crippen LogP contribution in [0.25, 0.3) is 0 Å². The molecule has 4 heteroatoms. The molecule has 0 saturated heterocycles. The van der Waals surface area contributed by atoms with Crippen LogP contribution in [0.2, 0.25) is 0 Å². The summed E-state index contributed by atoms with van der Waals surface area (Å²) < 4.78 is 0. The van der Waals surface area contributed by atoms with Crippen LogP contribution >= 0.6 is 0 Å². The molecule has 4 nitrogen and oxygen atoms in total. The van der Waals surface area contributed by atoms with E-state index in [0.717, 1.165) is 24.0 Å². The topological polar surface area (TPSA) is 35.9 Å². The number of fused-ring (bicyclic) bond motifs is 1. The van der Waals surface area contributed by atoms with E-state index in [2.05, 4.69) is 74.1 Å². The first-order valence-electron chi connectivity index (χ1n) is 9.89. The summed E-state index contributed by atoms with van der Waals surface area (Å²) in [6.45, 7) is 9.89. The Labute approximate surface area is 168 Å². The molecule has 0 amide bonds. The zero-order valence-electron chi connectivity index (χ0n) is 17.1. The molecule has 28 heavy (non-hydrogen) atoms. The summed E-state index contributed by atoms with van der Waals surface area (Å²) in [7, 11) is 0. The van der Waals surface area contributed by atoms with Crippen LogP contribution in [0.15, 0.2) is 65.9 Å². The number of hydrogen-bond acceptors (Lipinski definition) is 4. The number of benzene rings is 2. The highest BCUT2D eigenvalue weighted by Gasteiger charge is 2.25. The maximum absolute atomic E-state index is 10.8. The van der Waals surface area contributed by atoms with Crippen molar-refractivity contribution < 1.29 is 4.79 Å². The number of carbonyl (C=O) groups is 1. The minimum atomic E-state index is -0.0437. The van der Waals surface area contributed by atoms with Gasteiger partial charge in [0, 0.05) is 30.4 Å². The van der Waals surface area contributed by atoms with Crippen LogP contribution in [-0.4, -0.2) is 34.5 Å². The van der Waals surface area contributed by atoms with Crippen molar-refractivity contribution >= 4 is 12.5 Å². The molecule has 0 aliphatic carbocycles. The lowest BCUT2D eigenvalue weighted by atomic mass is 9.92. The summed E-state index contributed by atoms with van der Waals surface area (Å²) in [6.07, 6.45) is 5.84. The zero-order valence-corrected chi connectivity index (χ0v) is 17.1. The third-order valence-corrected chi connectivity index (χ3v) is 5.19. The number of hydrogen-bond donors (Lipinski definition) is 0. The van der Waals surface area contributed by atoms with Crippen LogP contribution in [0.1, 0.15) is 56.0 Å². The fraction of sp³-hybridized carbons (Fsp3) is 0.333. The average molecular weight is 376 g/mol. The summed E-state index contributed by atoms with van der Waals surface area (Å²) in [5.74, 6) is 0. The van der Waals surface area contributed by atoms with Crippen LogP contribution in [0, 0.1) is 0 Å². The van der Waals surface area contributed by atoms with Crippen LogP contribution in [0.5, 0.6) is 0 Å². The van der Waals surface area contributed by atoms with Crippen molar-refractivity contribution in [3.05, 3.63) is 83.1 Å². The predicted molar refractivity (Wildman–Crippen MR) is 115 cm³/mol. The highest BCUT2D eigenvalue weighted by atomic mass is 16.1. The van der Waals surface area contributed by atoms with Crippen molar-refractivity contribution in [2.75, 3.05) is 0 Å². The van der Waals surface area contributed by atoms with Crippen molar-refractivity contribution in [1.29, 1.82) is 0 Å². The minimum absolute atomic E-state index is 0.0437. The Morgan fingerprint density at radius 1 is 1.04 bits per heavy atom. The molecule has 0 radical (unpaired) electrons. The molecular weight excluding hydrogens is 346 g/mol. The molecule has 1 aliphatic heterocycles. The van der Waals surface area contributed by atoms with E-state index in [1.54, 1.807) is 6.20 Å². The first kappa shape index (κ1) is 20.0. The van der Waals surface area contributed by atoms with Gasteiger partial charge in [-0.05, 0) is 50.5 Å². The molecule has 3 rings (SSSR count). The molecule has 2 aromatic rings. The Morgan fingerprint density at radius 2 is 1.71 bits per heavy atom. The molecule has 146 valence electrons. The Morgan fingerprint density at radius 3 is 2.36 bits per heavy atom. The quantitative estimate of drug-likeness (QED) is 0.517. The van der Waals surface area contributed by atoms with Gasteiger partial charge in [-0.2, -0.15) is 5.10 Å². The van der Waals surface area contributed by atoms with E-state index >= 15 is 0 Å². The first-order valence-corrected chi connectivity index (χ1v) is 9.89. The number of aldehydes is 1. The molecule has 1 heterocycles. The molecule has 0 bridgehead atoms. The van der Waals surface area contributed by atoms with Gasteiger partial charge in [0.15, 0.2) is 0 Å². The molecule has 2 aromatic carbocycles. The predicted octanol–water partition coefficient (Wildman–Crippen LogP) is 4.76. The first-order chi connectivity index (χ1) is 13.5.